The lowest BCUT2D eigenvalue weighted by atomic mass is 10.3. The summed E-state index contributed by atoms with van der Waals surface area (Å²) in [4.78, 5) is 14.5. The number of methoxy groups -OCH3 is 1. The van der Waals surface area contributed by atoms with Gasteiger partial charge in [0, 0.05) is 26.3 Å². The van der Waals surface area contributed by atoms with Crippen LogP contribution in [0.3, 0.4) is 0 Å². The summed E-state index contributed by atoms with van der Waals surface area (Å²) in [5, 5.41) is 16.7. The Hall–Kier alpha value is -1.89. The smallest absolute Gasteiger partial charge is 0.311 e. The van der Waals surface area contributed by atoms with Gasteiger partial charge in [0.15, 0.2) is 0 Å². The second-order valence-electron chi connectivity index (χ2n) is 3.27. The van der Waals surface area contributed by atoms with Crippen molar-refractivity contribution in [3.63, 3.8) is 0 Å². The van der Waals surface area contributed by atoms with E-state index in [2.05, 4.69) is 15.6 Å². The average molecular weight is 240 g/mol. The highest BCUT2D eigenvalue weighted by Crippen LogP contribution is 2.23. The maximum atomic E-state index is 10.8. The highest BCUT2D eigenvalue weighted by Gasteiger charge is 2.15. The first kappa shape index (κ1) is 13.2. The third kappa shape index (κ3) is 3.87. The number of nitro groups is 1. The number of hydrogen-bond acceptors (Lipinski definition) is 6. The molecule has 0 saturated carbocycles. The van der Waals surface area contributed by atoms with E-state index in [0.29, 0.717) is 25.5 Å². The minimum absolute atomic E-state index is 0.0391. The van der Waals surface area contributed by atoms with Crippen LogP contribution in [0.4, 0.5) is 17.3 Å². The lowest BCUT2D eigenvalue weighted by Gasteiger charge is -2.08. The van der Waals surface area contributed by atoms with E-state index in [1.54, 1.807) is 13.2 Å². The Labute approximate surface area is 99.3 Å². The van der Waals surface area contributed by atoms with Crippen LogP contribution in [0.15, 0.2) is 12.1 Å². The predicted molar refractivity (Wildman–Crippen MR) is 65.4 cm³/mol. The van der Waals surface area contributed by atoms with Crippen LogP contribution in [0.25, 0.3) is 0 Å². The summed E-state index contributed by atoms with van der Waals surface area (Å²) in [5.74, 6) is 0.864. The van der Waals surface area contributed by atoms with E-state index >= 15 is 0 Å². The van der Waals surface area contributed by atoms with Crippen molar-refractivity contribution in [3.05, 3.63) is 22.2 Å². The molecule has 0 aromatic carbocycles. The van der Waals surface area contributed by atoms with Crippen LogP contribution in [0.5, 0.6) is 0 Å². The molecule has 0 atom stereocenters. The van der Waals surface area contributed by atoms with Gasteiger partial charge in [-0.3, -0.25) is 10.1 Å². The molecule has 1 aromatic heterocycles. The van der Waals surface area contributed by atoms with Crippen molar-refractivity contribution in [1.82, 2.24) is 4.98 Å². The Bertz CT molecular complexity index is 384. The van der Waals surface area contributed by atoms with Gasteiger partial charge in [0.1, 0.15) is 5.82 Å². The van der Waals surface area contributed by atoms with E-state index in [1.165, 1.54) is 6.07 Å². The number of anilines is 2. The van der Waals surface area contributed by atoms with E-state index < -0.39 is 4.92 Å². The van der Waals surface area contributed by atoms with Crippen LogP contribution in [0.2, 0.25) is 0 Å². The van der Waals surface area contributed by atoms with Gasteiger partial charge in [-0.1, -0.05) is 0 Å². The van der Waals surface area contributed by atoms with Gasteiger partial charge in [0.25, 0.3) is 0 Å². The van der Waals surface area contributed by atoms with Crippen LogP contribution in [-0.2, 0) is 4.74 Å². The molecule has 0 fully saturated rings. The molecule has 0 aliphatic carbocycles. The van der Waals surface area contributed by atoms with Gasteiger partial charge < -0.3 is 15.4 Å². The molecule has 1 heterocycles. The lowest BCUT2D eigenvalue weighted by molar-refractivity contribution is -0.384. The highest BCUT2D eigenvalue weighted by molar-refractivity contribution is 5.60. The first-order valence-corrected chi connectivity index (χ1v) is 5.31. The van der Waals surface area contributed by atoms with Crippen LogP contribution >= 0.6 is 0 Å². The Balaban J connectivity index is 2.86. The Morgan fingerprint density at radius 2 is 2.24 bits per heavy atom. The summed E-state index contributed by atoms with van der Waals surface area (Å²) in [5.41, 5.74) is -0.0391. The molecule has 0 unspecified atom stereocenters. The lowest BCUT2D eigenvalue weighted by Crippen LogP contribution is -2.11. The fraction of sp³-hybridized carbons (Fsp3) is 0.500. The molecule has 94 valence electrons. The van der Waals surface area contributed by atoms with E-state index in [1.807, 2.05) is 6.92 Å². The van der Waals surface area contributed by atoms with Gasteiger partial charge >= 0.3 is 5.69 Å². The maximum absolute atomic E-state index is 10.8. The molecule has 1 rings (SSSR count). The van der Waals surface area contributed by atoms with Crippen molar-refractivity contribution in [2.24, 2.45) is 0 Å². The summed E-state index contributed by atoms with van der Waals surface area (Å²) >= 11 is 0. The number of nitrogens with one attached hydrogen (secondary N) is 2. The predicted octanol–water partition coefficient (Wildman–Crippen LogP) is 1.48. The molecule has 2 N–H and O–H groups in total. The number of rotatable bonds is 7. The minimum atomic E-state index is -0.460. The summed E-state index contributed by atoms with van der Waals surface area (Å²) in [6, 6.07) is 3.02. The molecule has 17 heavy (non-hydrogen) atoms. The van der Waals surface area contributed by atoms with Crippen LogP contribution < -0.4 is 10.6 Å². The Morgan fingerprint density at radius 1 is 1.47 bits per heavy atom. The zero-order valence-electron chi connectivity index (χ0n) is 9.90. The van der Waals surface area contributed by atoms with Crippen LogP contribution in [0, 0.1) is 10.1 Å². The van der Waals surface area contributed by atoms with Crippen molar-refractivity contribution >= 4 is 17.3 Å². The summed E-state index contributed by atoms with van der Waals surface area (Å²) in [6.45, 7) is 3.58. The molecule has 7 nitrogen and oxygen atoms in total. The van der Waals surface area contributed by atoms with Gasteiger partial charge in [-0.2, -0.15) is 0 Å². The molecule has 0 aliphatic rings. The second kappa shape index (κ2) is 6.64. The molecule has 7 heteroatoms. The summed E-state index contributed by atoms with van der Waals surface area (Å²) in [7, 11) is 1.57. The number of hydrogen-bond donors (Lipinski definition) is 2. The van der Waals surface area contributed by atoms with Crippen molar-refractivity contribution in [1.29, 1.82) is 0 Å². The Morgan fingerprint density at radius 3 is 2.82 bits per heavy atom. The number of nitrogens with zero attached hydrogens (tertiary/aromatic N) is 2. The topological polar surface area (TPSA) is 89.3 Å². The van der Waals surface area contributed by atoms with Gasteiger partial charge in [-0.05, 0) is 13.0 Å². The third-order valence-corrected chi connectivity index (χ3v) is 2.03. The van der Waals surface area contributed by atoms with Gasteiger partial charge in [-0.15, -0.1) is 0 Å². The second-order valence-corrected chi connectivity index (χ2v) is 3.27. The van der Waals surface area contributed by atoms with Gasteiger partial charge in [0.05, 0.1) is 11.5 Å². The molecule has 0 spiro atoms. The van der Waals surface area contributed by atoms with Crippen molar-refractivity contribution in [2.75, 3.05) is 37.4 Å². The van der Waals surface area contributed by atoms with E-state index in [4.69, 9.17) is 4.74 Å². The van der Waals surface area contributed by atoms with Crippen molar-refractivity contribution in [3.8, 4) is 0 Å². The quantitative estimate of drug-likeness (QED) is 0.426. The number of pyridine rings is 1. The normalized spacial score (nSPS) is 10.0. The average Bonchev–Trinajstić information content (AvgIpc) is 2.30. The van der Waals surface area contributed by atoms with Crippen LogP contribution in [0.1, 0.15) is 6.92 Å². The molecular weight excluding hydrogens is 224 g/mol. The largest absolute Gasteiger partial charge is 0.383 e. The number of ether oxygens (including phenoxy) is 1. The van der Waals surface area contributed by atoms with Crippen molar-refractivity contribution in [2.45, 2.75) is 6.92 Å². The van der Waals surface area contributed by atoms with Crippen molar-refractivity contribution < 1.29 is 9.66 Å². The summed E-state index contributed by atoms with van der Waals surface area (Å²) < 4.78 is 4.87. The molecule has 0 radical (unpaired) electrons. The third-order valence-electron chi connectivity index (χ3n) is 2.03. The van der Waals surface area contributed by atoms with Crippen LogP contribution in [-0.4, -0.2) is 36.7 Å². The summed E-state index contributed by atoms with van der Waals surface area (Å²) in [6.07, 6.45) is 0. The molecule has 0 aliphatic heterocycles. The minimum Gasteiger partial charge on any atom is -0.383 e. The SMILES string of the molecule is CCNc1ccc([N+](=O)[O-])c(NCCOC)n1. The molecule has 0 bridgehead atoms. The fourth-order valence-corrected chi connectivity index (χ4v) is 1.28. The highest BCUT2D eigenvalue weighted by atomic mass is 16.6. The zero-order chi connectivity index (χ0) is 12.7. The van der Waals surface area contributed by atoms with Gasteiger partial charge in [0.2, 0.25) is 5.82 Å². The van der Waals surface area contributed by atoms with E-state index in [0.717, 1.165) is 0 Å². The molecular formula is C10H16N4O3. The molecule has 1 aromatic rings. The Kier molecular flexibility index (Phi) is 5.15. The van der Waals surface area contributed by atoms with E-state index in [-0.39, 0.29) is 11.5 Å². The molecule has 0 amide bonds. The molecule has 0 saturated heterocycles. The maximum Gasteiger partial charge on any atom is 0.311 e. The first-order valence-electron chi connectivity index (χ1n) is 5.31. The van der Waals surface area contributed by atoms with Gasteiger partial charge in [-0.25, -0.2) is 4.98 Å². The zero-order valence-corrected chi connectivity index (χ0v) is 9.90. The van der Waals surface area contributed by atoms with E-state index in [9.17, 15) is 10.1 Å². The standard InChI is InChI=1S/C10H16N4O3/c1-3-11-9-5-4-8(14(15)16)10(13-9)12-6-7-17-2/h4-5H,3,6-7H2,1-2H3,(H2,11,12,13). The number of aromatic nitrogens is 1. The first-order chi connectivity index (χ1) is 8.19. The fourth-order valence-electron chi connectivity index (χ4n) is 1.28. The monoisotopic (exact) mass is 240 g/mol.